The van der Waals surface area contributed by atoms with Crippen LogP contribution in [-0.4, -0.2) is 12.1 Å². The molecular formula is C17H28ClN. The Balaban J connectivity index is 2.81. The second-order valence-electron chi connectivity index (χ2n) is 6.62. The van der Waals surface area contributed by atoms with Gasteiger partial charge in [-0.15, -0.1) is 0 Å². The second kappa shape index (κ2) is 6.76. The Kier molecular flexibility index (Phi) is 5.88. The molecule has 2 heteroatoms. The summed E-state index contributed by atoms with van der Waals surface area (Å²) in [5.41, 5.74) is 1.83. The van der Waals surface area contributed by atoms with Gasteiger partial charge in [0.15, 0.2) is 0 Å². The van der Waals surface area contributed by atoms with Gasteiger partial charge in [0.1, 0.15) is 0 Å². The van der Waals surface area contributed by atoms with Crippen molar-refractivity contribution in [1.29, 1.82) is 0 Å². The minimum atomic E-state index is 0.171. The van der Waals surface area contributed by atoms with Crippen molar-refractivity contribution in [2.45, 2.75) is 59.4 Å². The lowest BCUT2D eigenvalue weighted by Crippen LogP contribution is -2.44. The molecule has 0 saturated carbocycles. The Bertz CT molecular complexity index is 388. The minimum Gasteiger partial charge on any atom is -0.312 e. The van der Waals surface area contributed by atoms with Gasteiger partial charge in [-0.05, 0) is 63.1 Å². The summed E-state index contributed by atoms with van der Waals surface area (Å²) in [5, 5.41) is 4.50. The Labute approximate surface area is 123 Å². The van der Waals surface area contributed by atoms with Crippen molar-refractivity contribution in [2.24, 2.45) is 5.41 Å². The first-order valence-electron chi connectivity index (χ1n) is 7.30. The standard InChI is InChI=1S/C17H28ClN/c1-6-17(7-2,13-19-16(3,4)5)12-14-9-8-10-15(18)11-14/h8-11,19H,6-7,12-13H2,1-5H3. The van der Waals surface area contributed by atoms with E-state index in [-0.39, 0.29) is 5.54 Å². The van der Waals surface area contributed by atoms with E-state index in [0.29, 0.717) is 5.41 Å². The SMILES string of the molecule is CCC(CC)(CNC(C)(C)C)Cc1cccc(Cl)c1. The van der Waals surface area contributed by atoms with Crippen LogP contribution in [0.5, 0.6) is 0 Å². The van der Waals surface area contributed by atoms with Crippen LogP contribution in [0.1, 0.15) is 53.0 Å². The third-order valence-electron chi connectivity index (χ3n) is 3.96. The van der Waals surface area contributed by atoms with E-state index in [1.807, 2.05) is 12.1 Å². The van der Waals surface area contributed by atoms with Gasteiger partial charge in [-0.1, -0.05) is 37.6 Å². The van der Waals surface area contributed by atoms with Gasteiger partial charge in [0, 0.05) is 17.1 Å². The van der Waals surface area contributed by atoms with Gasteiger partial charge in [-0.2, -0.15) is 0 Å². The Morgan fingerprint density at radius 3 is 2.21 bits per heavy atom. The van der Waals surface area contributed by atoms with E-state index >= 15 is 0 Å². The molecule has 0 unspecified atom stereocenters. The number of rotatable bonds is 6. The molecule has 0 spiro atoms. The fourth-order valence-corrected chi connectivity index (χ4v) is 2.56. The maximum atomic E-state index is 6.09. The molecule has 0 saturated heterocycles. The minimum absolute atomic E-state index is 0.171. The van der Waals surface area contributed by atoms with Crippen LogP contribution in [0.15, 0.2) is 24.3 Å². The van der Waals surface area contributed by atoms with E-state index < -0.39 is 0 Å². The van der Waals surface area contributed by atoms with E-state index in [9.17, 15) is 0 Å². The van der Waals surface area contributed by atoms with Crippen molar-refractivity contribution < 1.29 is 0 Å². The summed E-state index contributed by atoms with van der Waals surface area (Å²) in [4.78, 5) is 0. The van der Waals surface area contributed by atoms with Crippen LogP contribution in [0.3, 0.4) is 0 Å². The molecule has 0 amide bonds. The molecule has 0 bridgehead atoms. The van der Waals surface area contributed by atoms with Crippen molar-refractivity contribution in [3.8, 4) is 0 Å². The highest BCUT2D eigenvalue weighted by Crippen LogP contribution is 2.31. The molecule has 1 aromatic rings. The molecule has 1 nitrogen and oxygen atoms in total. The zero-order valence-electron chi connectivity index (χ0n) is 13.0. The third-order valence-corrected chi connectivity index (χ3v) is 4.20. The molecule has 0 aliphatic carbocycles. The smallest absolute Gasteiger partial charge is 0.0408 e. The van der Waals surface area contributed by atoms with E-state index in [2.05, 4.69) is 52.1 Å². The van der Waals surface area contributed by atoms with Crippen molar-refractivity contribution in [1.82, 2.24) is 5.32 Å². The fraction of sp³-hybridized carbons (Fsp3) is 0.647. The topological polar surface area (TPSA) is 12.0 Å². The van der Waals surface area contributed by atoms with E-state index in [4.69, 9.17) is 11.6 Å². The van der Waals surface area contributed by atoms with Crippen molar-refractivity contribution >= 4 is 11.6 Å². The van der Waals surface area contributed by atoms with Gasteiger partial charge in [0.2, 0.25) is 0 Å². The molecule has 1 rings (SSSR count). The van der Waals surface area contributed by atoms with Gasteiger partial charge in [-0.25, -0.2) is 0 Å². The first kappa shape index (κ1) is 16.5. The van der Waals surface area contributed by atoms with Gasteiger partial charge in [-0.3, -0.25) is 0 Å². The van der Waals surface area contributed by atoms with Crippen LogP contribution in [0, 0.1) is 5.41 Å². The largest absolute Gasteiger partial charge is 0.312 e. The number of nitrogens with one attached hydrogen (secondary N) is 1. The lowest BCUT2D eigenvalue weighted by molar-refractivity contribution is 0.220. The molecule has 0 aliphatic heterocycles. The quantitative estimate of drug-likeness (QED) is 0.767. The maximum absolute atomic E-state index is 6.09. The summed E-state index contributed by atoms with van der Waals surface area (Å²) in [5.74, 6) is 0. The average molecular weight is 282 g/mol. The first-order chi connectivity index (χ1) is 8.80. The van der Waals surface area contributed by atoms with Crippen LogP contribution >= 0.6 is 11.6 Å². The van der Waals surface area contributed by atoms with E-state index in [0.717, 1.165) is 18.0 Å². The van der Waals surface area contributed by atoms with Crippen molar-refractivity contribution in [2.75, 3.05) is 6.54 Å². The highest BCUT2D eigenvalue weighted by Gasteiger charge is 2.28. The van der Waals surface area contributed by atoms with Crippen LogP contribution < -0.4 is 5.32 Å². The fourth-order valence-electron chi connectivity index (χ4n) is 2.35. The lowest BCUT2D eigenvalue weighted by Gasteiger charge is -2.35. The van der Waals surface area contributed by atoms with E-state index in [1.165, 1.54) is 18.4 Å². The number of hydrogen-bond acceptors (Lipinski definition) is 1. The number of hydrogen-bond donors (Lipinski definition) is 1. The zero-order chi connectivity index (χ0) is 14.5. The van der Waals surface area contributed by atoms with Gasteiger partial charge < -0.3 is 5.32 Å². The predicted octanol–water partition coefficient (Wildman–Crippen LogP) is 5.08. The number of benzene rings is 1. The van der Waals surface area contributed by atoms with Crippen LogP contribution in [0.4, 0.5) is 0 Å². The second-order valence-corrected chi connectivity index (χ2v) is 7.05. The third kappa shape index (κ3) is 5.54. The summed E-state index contributed by atoms with van der Waals surface area (Å²) in [6, 6.07) is 8.27. The maximum Gasteiger partial charge on any atom is 0.0408 e. The highest BCUT2D eigenvalue weighted by molar-refractivity contribution is 6.30. The van der Waals surface area contributed by atoms with Crippen LogP contribution in [0.25, 0.3) is 0 Å². The van der Waals surface area contributed by atoms with Gasteiger partial charge in [0.05, 0.1) is 0 Å². The van der Waals surface area contributed by atoms with Gasteiger partial charge >= 0.3 is 0 Å². The van der Waals surface area contributed by atoms with Gasteiger partial charge in [0.25, 0.3) is 0 Å². The summed E-state index contributed by atoms with van der Waals surface area (Å²) in [6.07, 6.45) is 3.45. The Morgan fingerprint density at radius 2 is 1.74 bits per heavy atom. The van der Waals surface area contributed by atoms with Crippen LogP contribution in [0.2, 0.25) is 5.02 Å². The molecule has 19 heavy (non-hydrogen) atoms. The molecule has 0 atom stereocenters. The Morgan fingerprint density at radius 1 is 1.11 bits per heavy atom. The molecule has 1 aromatic carbocycles. The molecule has 1 N–H and O–H groups in total. The summed E-state index contributed by atoms with van der Waals surface area (Å²) < 4.78 is 0. The summed E-state index contributed by atoms with van der Waals surface area (Å²) >= 11 is 6.09. The van der Waals surface area contributed by atoms with E-state index in [1.54, 1.807) is 0 Å². The first-order valence-corrected chi connectivity index (χ1v) is 7.67. The van der Waals surface area contributed by atoms with Crippen LogP contribution in [-0.2, 0) is 6.42 Å². The number of halogens is 1. The summed E-state index contributed by atoms with van der Waals surface area (Å²) in [6.45, 7) is 12.3. The molecule has 0 aromatic heterocycles. The molecule has 0 radical (unpaired) electrons. The molecule has 108 valence electrons. The highest BCUT2D eigenvalue weighted by atomic mass is 35.5. The monoisotopic (exact) mass is 281 g/mol. The predicted molar refractivity (Wildman–Crippen MR) is 85.9 cm³/mol. The normalized spacial score (nSPS) is 12.7. The molecule has 0 aliphatic rings. The molecule has 0 heterocycles. The molecular weight excluding hydrogens is 254 g/mol. The van der Waals surface area contributed by atoms with Crippen molar-refractivity contribution in [3.63, 3.8) is 0 Å². The average Bonchev–Trinajstić information content (AvgIpc) is 2.34. The zero-order valence-corrected chi connectivity index (χ0v) is 13.8. The Hall–Kier alpha value is -0.530. The lowest BCUT2D eigenvalue weighted by atomic mass is 9.76. The summed E-state index contributed by atoms with van der Waals surface area (Å²) in [7, 11) is 0. The molecule has 0 fully saturated rings. The van der Waals surface area contributed by atoms with Crippen molar-refractivity contribution in [3.05, 3.63) is 34.9 Å².